The lowest BCUT2D eigenvalue weighted by molar-refractivity contribution is -0.115. The molecule has 8 heteroatoms. The monoisotopic (exact) mass is 471 g/mol. The molecule has 0 radical (unpaired) electrons. The van der Waals surface area contributed by atoms with Crippen molar-refractivity contribution in [3.8, 4) is 17.1 Å². The van der Waals surface area contributed by atoms with E-state index in [2.05, 4.69) is 15.5 Å². The summed E-state index contributed by atoms with van der Waals surface area (Å²) in [4.78, 5) is 24.1. The molecule has 0 saturated carbocycles. The summed E-state index contributed by atoms with van der Waals surface area (Å²) < 4.78 is 1.97. The third kappa shape index (κ3) is 5.18. The highest BCUT2D eigenvalue weighted by Crippen LogP contribution is 2.31. The minimum Gasteiger partial charge on any atom is -0.366 e. The molecule has 0 spiro atoms. The van der Waals surface area contributed by atoms with Gasteiger partial charge < -0.3 is 11.1 Å². The Bertz CT molecular complexity index is 1310. The number of benzene rings is 3. The van der Waals surface area contributed by atoms with Crippen molar-refractivity contribution >= 4 is 29.3 Å². The van der Waals surface area contributed by atoms with Crippen LogP contribution in [0.15, 0.2) is 78.0 Å². The number of nitrogens with zero attached hydrogens (tertiary/aromatic N) is 3. The summed E-state index contributed by atoms with van der Waals surface area (Å²) in [5.41, 5.74) is 10.4. The SMILES string of the molecule is Cc1ccc(-c2nnc(SC(C)C(=O)Nc3ccc(C(N)=O)cc3)n2-c2ccc(C)cc2)cc1. The first-order valence-electron chi connectivity index (χ1n) is 10.8. The van der Waals surface area contributed by atoms with Crippen molar-refractivity contribution in [3.05, 3.63) is 89.5 Å². The van der Waals surface area contributed by atoms with Crippen LogP contribution in [0.4, 0.5) is 5.69 Å². The molecular formula is C26H25N5O2S. The van der Waals surface area contributed by atoms with Gasteiger partial charge in [0.1, 0.15) is 0 Å². The van der Waals surface area contributed by atoms with E-state index in [4.69, 9.17) is 5.73 Å². The predicted molar refractivity (Wildman–Crippen MR) is 135 cm³/mol. The van der Waals surface area contributed by atoms with Crippen LogP contribution in [0.5, 0.6) is 0 Å². The maximum atomic E-state index is 12.9. The van der Waals surface area contributed by atoms with Crippen molar-refractivity contribution in [2.75, 3.05) is 5.32 Å². The van der Waals surface area contributed by atoms with Gasteiger partial charge in [0.05, 0.1) is 5.25 Å². The fourth-order valence-electron chi connectivity index (χ4n) is 3.34. The van der Waals surface area contributed by atoms with Gasteiger partial charge in [-0.1, -0.05) is 59.3 Å². The van der Waals surface area contributed by atoms with Gasteiger partial charge >= 0.3 is 0 Å². The number of thioether (sulfide) groups is 1. The Hall–Kier alpha value is -3.91. The second-order valence-corrected chi connectivity index (χ2v) is 9.34. The van der Waals surface area contributed by atoms with E-state index in [9.17, 15) is 9.59 Å². The van der Waals surface area contributed by atoms with Gasteiger partial charge in [0, 0.05) is 22.5 Å². The van der Waals surface area contributed by atoms with Crippen LogP contribution >= 0.6 is 11.8 Å². The Morgan fingerprint density at radius 2 is 1.47 bits per heavy atom. The molecule has 1 unspecified atom stereocenters. The van der Waals surface area contributed by atoms with Gasteiger partial charge in [-0.25, -0.2) is 0 Å². The van der Waals surface area contributed by atoms with Crippen molar-refractivity contribution in [1.29, 1.82) is 0 Å². The molecule has 0 bridgehead atoms. The third-order valence-corrected chi connectivity index (χ3v) is 6.37. The van der Waals surface area contributed by atoms with E-state index in [0.717, 1.165) is 22.4 Å². The topological polar surface area (TPSA) is 103 Å². The number of aromatic nitrogens is 3. The van der Waals surface area contributed by atoms with Crippen LogP contribution in [0.1, 0.15) is 28.4 Å². The molecular weight excluding hydrogens is 446 g/mol. The zero-order chi connectivity index (χ0) is 24.2. The van der Waals surface area contributed by atoms with Crippen molar-refractivity contribution < 1.29 is 9.59 Å². The number of rotatable bonds is 7. The molecule has 0 aliphatic rings. The fraction of sp³-hybridized carbons (Fsp3) is 0.154. The van der Waals surface area contributed by atoms with Gasteiger partial charge in [-0.3, -0.25) is 14.2 Å². The number of nitrogens with two attached hydrogens (primary N) is 1. The second kappa shape index (κ2) is 9.93. The largest absolute Gasteiger partial charge is 0.366 e. The first-order chi connectivity index (χ1) is 16.3. The summed E-state index contributed by atoms with van der Waals surface area (Å²) in [6, 6.07) is 22.7. The standard InChI is InChI=1S/C26H25N5O2S/c1-16-4-8-20(9-5-16)24-29-30-26(31(24)22-14-6-17(2)7-15-22)34-18(3)25(33)28-21-12-10-19(11-13-21)23(27)32/h4-15,18H,1-3H3,(H2,27,32)(H,28,33). The van der Waals surface area contributed by atoms with Crippen LogP contribution in [0.25, 0.3) is 17.1 Å². The zero-order valence-corrected chi connectivity index (χ0v) is 20.0. The van der Waals surface area contributed by atoms with Crippen molar-refractivity contribution in [2.45, 2.75) is 31.2 Å². The van der Waals surface area contributed by atoms with Crippen LogP contribution in [-0.4, -0.2) is 31.8 Å². The molecule has 34 heavy (non-hydrogen) atoms. The van der Waals surface area contributed by atoms with E-state index in [1.807, 2.05) is 73.9 Å². The molecule has 0 aliphatic carbocycles. The summed E-state index contributed by atoms with van der Waals surface area (Å²) in [5.74, 6) is 0.00907. The van der Waals surface area contributed by atoms with Gasteiger partial charge in [0.15, 0.2) is 11.0 Å². The van der Waals surface area contributed by atoms with Crippen LogP contribution < -0.4 is 11.1 Å². The number of anilines is 1. The second-order valence-electron chi connectivity index (χ2n) is 8.03. The molecule has 2 amide bonds. The molecule has 7 nitrogen and oxygen atoms in total. The molecule has 1 heterocycles. The predicted octanol–water partition coefficient (Wildman–Crippen LogP) is 4.77. The Morgan fingerprint density at radius 3 is 2.06 bits per heavy atom. The van der Waals surface area contributed by atoms with Crippen LogP contribution in [0.3, 0.4) is 0 Å². The Kier molecular flexibility index (Phi) is 6.79. The molecule has 4 rings (SSSR count). The van der Waals surface area contributed by atoms with E-state index in [1.165, 1.54) is 11.8 Å². The van der Waals surface area contributed by atoms with E-state index in [1.54, 1.807) is 24.3 Å². The van der Waals surface area contributed by atoms with Gasteiger partial charge in [-0.2, -0.15) is 0 Å². The summed E-state index contributed by atoms with van der Waals surface area (Å²) in [5, 5.41) is 11.9. The van der Waals surface area contributed by atoms with E-state index in [-0.39, 0.29) is 5.91 Å². The lowest BCUT2D eigenvalue weighted by Gasteiger charge is -2.14. The normalized spacial score (nSPS) is 11.7. The smallest absolute Gasteiger partial charge is 0.248 e. The van der Waals surface area contributed by atoms with Gasteiger partial charge in [0.25, 0.3) is 0 Å². The van der Waals surface area contributed by atoms with Crippen LogP contribution in [0, 0.1) is 13.8 Å². The molecule has 1 atom stereocenters. The molecule has 0 aliphatic heterocycles. The Balaban J connectivity index is 1.60. The molecule has 0 fully saturated rings. The van der Waals surface area contributed by atoms with Crippen LogP contribution in [-0.2, 0) is 4.79 Å². The highest BCUT2D eigenvalue weighted by atomic mass is 32.2. The quantitative estimate of drug-likeness (QED) is 0.378. The Morgan fingerprint density at radius 1 is 0.882 bits per heavy atom. The number of hydrogen-bond donors (Lipinski definition) is 2. The molecule has 1 aromatic heterocycles. The molecule has 172 valence electrons. The number of carbonyl (C=O) groups excluding carboxylic acids is 2. The summed E-state index contributed by atoms with van der Waals surface area (Å²) in [6.07, 6.45) is 0. The number of nitrogens with one attached hydrogen (secondary N) is 1. The maximum Gasteiger partial charge on any atom is 0.248 e. The summed E-state index contributed by atoms with van der Waals surface area (Å²) >= 11 is 1.33. The van der Waals surface area contributed by atoms with Gasteiger partial charge in [-0.05, 0) is 57.2 Å². The summed E-state index contributed by atoms with van der Waals surface area (Å²) in [7, 11) is 0. The number of aryl methyl sites for hydroxylation is 2. The van der Waals surface area contributed by atoms with E-state index < -0.39 is 11.2 Å². The van der Waals surface area contributed by atoms with Gasteiger partial charge in [-0.15, -0.1) is 10.2 Å². The van der Waals surface area contributed by atoms with Crippen LogP contribution in [0.2, 0.25) is 0 Å². The average molecular weight is 472 g/mol. The highest BCUT2D eigenvalue weighted by Gasteiger charge is 2.22. The maximum absolute atomic E-state index is 12.9. The molecule has 4 aromatic rings. The molecule has 3 aromatic carbocycles. The van der Waals surface area contributed by atoms with Gasteiger partial charge in [0.2, 0.25) is 11.8 Å². The first kappa shape index (κ1) is 23.3. The molecule has 3 N–H and O–H groups in total. The minimum absolute atomic E-state index is 0.188. The van der Waals surface area contributed by atoms with Crippen molar-refractivity contribution in [3.63, 3.8) is 0 Å². The fourth-order valence-corrected chi connectivity index (χ4v) is 4.20. The molecule has 0 saturated heterocycles. The number of amides is 2. The number of primary amides is 1. The van der Waals surface area contributed by atoms with Crippen molar-refractivity contribution in [1.82, 2.24) is 14.8 Å². The zero-order valence-electron chi connectivity index (χ0n) is 19.1. The number of carbonyl (C=O) groups is 2. The minimum atomic E-state index is -0.512. The summed E-state index contributed by atoms with van der Waals surface area (Å²) in [6.45, 7) is 5.89. The van der Waals surface area contributed by atoms with E-state index in [0.29, 0.717) is 22.2 Å². The Labute approximate surface area is 202 Å². The lowest BCUT2D eigenvalue weighted by Crippen LogP contribution is -2.23. The highest BCUT2D eigenvalue weighted by molar-refractivity contribution is 8.00. The van der Waals surface area contributed by atoms with E-state index >= 15 is 0 Å². The first-order valence-corrected chi connectivity index (χ1v) is 11.7. The third-order valence-electron chi connectivity index (χ3n) is 5.32. The number of hydrogen-bond acceptors (Lipinski definition) is 5. The average Bonchev–Trinajstić information content (AvgIpc) is 3.23. The van der Waals surface area contributed by atoms with Crippen molar-refractivity contribution in [2.24, 2.45) is 5.73 Å². The lowest BCUT2D eigenvalue weighted by atomic mass is 10.1.